The largest absolute Gasteiger partial charge is 0.490 e. The highest BCUT2D eigenvalue weighted by Gasteiger charge is 2.43. The Morgan fingerprint density at radius 1 is 0.895 bits per heavy atom. The molecule has 2 aliphatic rings. The second-order valence-electron chi connectivity index (χ2n) is 20.1. The molecule has 5 heterocycles. The fourth-order valence-electron chi connectivity index (χ4n) is 10.2. The number of aromatic nitrogens is 3. The molecule has 0 bridgehead atoms. The molecule has 0 spiro atoms. The minimum atomic E-state index is -0.875. The van der Waals surface area contributed by atoms with Gasteiger partial charge in [0.05, 0.1) is 47.0 Å². The van der Waals surface area contributed by atoms with Crippen LogP contribution in [-0.2, 0) is 25.6 Å². The molecular weight excluding hydrogens is 987 g/mol. The molecule has 2 saturated heterocycles. The quantitative estimate of drug-likeness (QED) is 0.0472. The first-order valence-corrected chi connectivity index (χ1v) is 27.1. The Morgan fingerprint density at radius 3 is 2.30 bits per heavy atom. The van der Waals surface area contributed by atoms with Gasteiger partial charge in [0.25, 0.3) is 17.3 Å². The van der Waals surface area contributed by atoms with Crippen LogP contribution >= 0.6 is 11.3 Å². The zero-order valence-corrected chi connectivity index (χ0v) is 45.6. The number of nitrogens with one attached hydrogen (secondary N) is 3. The van der Waals surface area contributed by atoms with E-state index in [4.69, 9.17) is 23.5 Å². The minimum Gasteiger partial charge on any atom is -0.490 e. The number of hydrogen-bond donors (Lipinski definition) is 4. The Bertz CT molecular complexity index is 3020. The molecule has 3 aromatic heterocycles. The molecule has 3 amide bonds. The van der Waals surface area contributed by atoms with Crippen molar-refractivity contribution in [3.63, 3.8) is 0 Å². The molecule has 0 aliphatic carbocycles. The highest BCUT2D eigenvalue weighted by atomic mass is 32.1. The summed E-state index contributed by atoms with van der Waals surface area (Å²) in [6.45, 7) is 18.6. The van der Waals surface area contributed by atoms with Crippen LogP contribution in [0.3, 0.4) is 0 Å². The lowest BCUT2D eigenvalue weighted by molar-refractivity contribution is -0.141. The number of likely N-dealkylation sites (tertiary alicyclic amines) is 1. The van der Waals surface area contributed by atoms with Gasteiger partial charge in [0.1, 0.15) is 30.9 Å². The van der Waals surface area contributed by atoms with E-state index in [2.05, 4.69) is 62.7 Å². The van der Waals surface area contributed by atoms with Crippen molar-refractivity contribution in [1.82, 2.24) is 30.7 Å². The Hall–Kier alpha value is -6.86. The lowest BCUT2D eigenvalue weighted by atomic mass is 9.91. The molecule has 4 atom stereocenters. The highest BCUT2D eigenvalue weighted by molar-refractivity contribution is 7.13. The number of anilines is 1. The van der Waals surface area contributed by atoms with Gasteiger partial charge in [-0.1, -0.05) is 56.3 Å². The molecule has 18 heteroatoms. The molecule has 17 nitrogen and oxygen atoms in total. The summed E-state index contributed by atoms with van der Waals surface area (Å²) in [5, 5.41) is 20.8. The third-order valence-corrected chi connectivity index (χ3v) is 15.3. The van der Waals surface area contributed by atoms with Gasteiger partial charge < -0.3 is 54.0 Å². The van der Waals surface area contributed by atoms with Crippen LogP contribution in [0.1, 0.15) is 109 Å². The van der Waals surface area contributed by atoms with Crippen LogP contribution in [0.5, 0.6) is 11.6 Å². The predicted molar refractivity (Wildman–Crippen MR) is 292 cm³/mol. The second-order valence-corrected chi connectivity index (χ2v) is 20.9. The molecule has 0 radical (unpaired) electrons. The van der Waals surface area contributed by atoms with Gasteiger partial charge in [-0.25, -0.2) is 4.98 Å². The fraction of sp³-hybridized carbons (Fsp3) is 0.448. The van der Waals surface area contributed by atoms with Crippen molar-refractivity contribution in [2.24, 2.45) is 5.92 Å². The van der Waals surface area contributed by atoms with E-state index in [0.717, 1.165) is 82.4 Å². The zero-order valence-electron chi connectivity index (χ0n) is 44.8. The molecule has 404 valence electrons. The summed E-state index contributed by atoms with van der Waals surface area (Å²) < 4.78 is 29.2. The third kappa shape index (κ3) is 13.2. The van der Waals surface area contributed by atoms with Crippen molar-refractivity contribution in [2.45, 2.75) is 111 Å². The Morgan fingerprint density at radius 2 is 1.61 bits per heavy atom. The van der Waals surface area contributed by atoms with Crippen molar-refractivity contribution in [2.75, 3.05) is 57.6 Å². The molecule has 8 rings (SSSR count). The number of nitrogens with zero attached hydrogens (tertiary/aromatic N) is 4. The van der Waals surface area contributed by atoms with Crippen molar-refractivity contribution in [3.8, 4) is 33.2 Å². The highest BCUT2D eigenvalue weighted by Crippen LogP contribution is 2.36. The van der Waals surface area contributed by atoms with E-state index >= 15 is 0 Å². The molecule has 6 aromatic rings. The van der Waals surface area contributed by atoms with E-state index in [0.29, 0.717) is 22.9 Å². The Labute approximate surface area is 448 Å². The SMILES string of the molecule is CCN(c1cc(-c2ccc(OCCOCCOc3cc(C(C(=O)N4C[C@H](O)C[C@H]4C(=O)N[C@@H](C)c4ccc(-c5scnc5C)cc4)C(C)C)on3)c(C(=O)NCc3c(C)cc(C)[nH]c3=O)c2)ccc1C)C1CCOCC1. The van der Waals surface area contributed by atoms with Gasteiger partial charge >= 0.3 is 0 Å². The van der Waals surface area contributed by atoms with E-state index in [-0.39, 0.29) is 86.9 Å². The van der Waals surface area contributed by atoms with Crippen LogP contribution < -0.4 is 30.6 Å². The van der Waals surface area contributed by atoms with Gasteiger partial charge in [-0.2, -0.15) is 0 Å². The number of β-amino-alcohol motifs (C(OH)–C–C–N with tert-alkyl or cyclic N) is 1. The number of thiazole rings is 1. The monoisotopic (exact) mass is 1060 g/mol. The lowest BCUT2D eigenvalue weighted by Crippen LogP contribution is -2.48. The van der Waals surface area contributed by atoms with E-state index in [1.165, 1.54) is 10.5 Å². The van der Waals surface area contributed by atoms with Crippen LogP contribution in [0, 0.1) is 33.6 Å². The smallest absolute Gasteiger partial charge is 0.255 e. The number of aliphatic hydroxyl groups is 1. The summed E-state index contributed by atoms with van der Waals surface area (Å²) >= 11 is 1.58. The van der Waals surface area contributed by atoms with Crippen molar-refractivity contribution >= 4 is 34.7 Å². The number of carbonyl (C=O) groups is 3. The van der Waals surface area contributed by atoms with Crippen LogP contribution in [0.2, 0.25) is 0 Å². The molecule has 2 aliphatic heterocycles. The topological polar surface area (TPSA) is 211 Å². The van der Waals surface area contributed by atoms with Gasteiger partial charge in [0, 0.05) is 68.3 Å². The van der Waals surface area contributed by atoms with Crippen LogP contribution in [0.4, 0.5) is 5.69 Å². The summed E-state index contributed by atoms with van der Waals surface area (Å²) in [6.07, 6.45) is 1.17. The second kappa shape index (κ2) is 25.3. The number of pyridine rings is 1. The van der Waals surface area contributed by atoms with Crippen molar-refractivity contribution in [1.29, 1.82) is 0 Å². The summed E-state index contributed by atoms with van der Waals surface area (Å²) in [4.78, 5) is 67.0. The molecule has 3 aromatic carbocycles. The number of aryl methyl sites for hydroxylation is 4. The molecule has 2 fully saturated rings. The summed E-state index contributed by atoms with van der Waals surface area (Å²) in [5.74, 6) is -1.32. The average molecular weight is 1060 g/mol. The number of ether oxygens (including phenoxy) is 4. The maximum atomic E-state index is 14.3. The van der Waals surface area contributed by atoms with Gasteiger partial charge in [-0.3, -0.25) is 19.2 Å². The number of benzene rings is 3. The van der Waals surface area contributed by atoms with Crippen molar-refractivity contribution in [3.05, 3.63) is 134 Å². The van der Waals surface area contributed by atoms with Crippen LogP contribution in [-0.4, -0.2) is 114 Å². The number of H-pyrrole nitrogens is 1. The van der Waals surface area contributed by atoms with E-state index in [1.54, 1.807) is 23.5 Å². The molecular formula is C58H71N7O10S. The maximum absolute atomic E-state index is 14.3. The summed E-state index contributed by atoms with van der Waals surface area (Å²) in [5.41, 5.74) is 10.9. The molecule has 76 heavy (non-hydrogen) atoms. The van der Waals surface area contributed by atoms with E-state index < -0.39 is 24.0 Å². The standard InChI is InChI=1S/C58H71N7O10S/c1-9-64(44-18-20-71-21-19-44)48-28-43(11-10-35(48)4)42-16-17-50(46(27-42)55(67)59-31-47-36(5)26-37(6)61-56(47)68)73-24-22-72-23-25-74-52-30-51(75-63-52)53(34(2)3)58(70)65-32-45(66)29-49(65)57(69)62-38(7)40-12-14-41(15-13-40)54-39(8)60-33-76-54/h10-17,26-28,30,33-34,38,44-45,49,53,66H,9,18-25,29,31-32H2,1-8H3,(H,59,67)(H,61,68)(H,62,69)/t38-,45+,49-,53?/m0/s1. The van der Waals surface area contributed by atoms with Gasteiger partial charge in [0.15, 0.2) is 5.76 Å². The number of rotatable bonds is 22. The fourth-order valence-corrected chi connectivity index (χ4v) is 11.0. The normalized spacial score (nSPS) is 16.6. The molecule has 4 N–H and O–H groups in total. The van der Waals surface area contributed by atoms with Gasteiger partial charge in [-0.15, -0.1) is 11.3 Å². The number of aromatic amines is 1. The lowest BCUT2D eigenvalue weighted by Gasteiger charge is -2.36. The Kier molecular flexibility index (Phi) is 18.4. The van der Waals surface area contributed by atoms with Gasteiger partial charge in [-0.05, 0) is 123 Å². The minimum absolute atomic E-state index is 0.00933. The molecule has 1 unspecified atom stereocenters. The first-order valence-electron chi connectivity index (χ1n) is 26.3. The summed E-state index contributed by atoms with van der Waals surface area (Å²) in [7, 11) is 0. The van der Waals surface area contributed by atoms with Crippen molar-refractivity contribution < 1.29 is 43.0 Å². The van der Waals surface area contributed by atoms with E-state index in [9.17, 15) is 24.3 Å². The summed E-state index contributed by atoms with van der Waals surface area (Å²) in [6, 6.07) is 22.5. The molecule has 0 saturated carbocycles. The van der Waals surface area contributed by atoms with Gasteiger partial charge in [0.2, 0.25) is 11.8 Å². The number of amides is 3. The first kappa shape index (κ1) is 55.4. The Balaban J connectivity index is 0.862. The third-order valence-electron chi connectivity index (χ3n) is 14.3. The zero-order chi connectivity index (χ0) is 54.0. The van der Waals surface area contributed by atoms with Crippen LogP contribution in [0.15, 0.2) is 87.6 Å². The van der Waals surface area contributed by atoms with E-state index in [1.807, 2.05) is 89.5 Å². The average Bonchev–Trinajstić information content (AvgIpc) is 4.16. The predicted octanol–water partition coefficient (Wildman–Crippen LogP) is 8.38. The number of aliphatic hydroxyl groups excluding tert-OH is 1. The van der Waals surface area contributed by atoms with Crippen LogP contribution in [0.25, 0.3) is 21.6 Å². The first-order chi connectivity index (χ1) is 36.6. The number of hydrogen-bond acceptors (Lipinski definition) is 14. The maximum Gasteiger partial charge on any atom is 0.255 e. The number of carbonyl (C=O) groups excluding carboxylic acids is 3.